The van der Waals surface area contributed by atoms with Crippen LogP contribution < -0.4 is 10.1 Å². The van der Waals surface area contributed by atoms with Crippen LogP contribution in [0.5, 0.6) is 6.01 Å². The lowest BCUT2D eigenvalue weighted by molar-refractivity contribution is -0.136. The van der Waals surface area contributed by atoms with Crippen LogP contribution in [0.2, 0.25) is 0 Å². The third-order valence-electron chi connectivity index (χ3n) is 3.61. The molecule has 1 aliphatic carbocycles. The number of ether oxygens (including phenoxy) is 1. The minimum atomic E-state index is -2.62. The molecule has 1 aromatic heterocycles. The van der Waals surface area contributed by atoms with E-state index in [1.807, 2.05) is 31.2 Å². The minimum Gasteiger partial charge on any atom is -0.460 e. The number of aromatic nitrogens is 2. The van der Waals surface area contributed by atoms with Crippen molar-refractivity contribution in [2.75, 3.05) is 5.32 Å². The van der Waals surface area contributed by atoms with Gasteiger partial charge < -0.3 is 21.0 Å². The van der Waals surface area contributed by atoms with Crippen LogP contribution >= 0.6 is 12.6 Å². The second kappa shape index (κ2) is 8.41. The van der Waals surface area contributed by atoms with Gasteiger partial charge in [-0.05, 0) is 18.6 Å². The first kappa shape index (κ1) is 21.1. The highest BCUT2D eigenvalue weighted by atomic mass is 32.1. The molecular formula is C16H21F2N3O3S. The Morgan fingerprint density at radius 2 is 1.92 bits per heavy atom. The van der Waals surface area contributed by atoms with Crippen molar-refractivity contribution in [2.24, 2.45) is 0 Å². The topological polar surface area (TPSA) is 110 Å². The van der Waals surface area contributed by atoms with Gasteiger partial charge in [0.2, 0.25) is 0 Å². The second-order valence-electron chi connectivity index (χ2n) is 5.66. The largest absolute Gasteiger partial charge is 0.460 e. The molecule has 1 aliphatic rings. The van der Waals surface area contributed by atoms with E-state index in [2.05, 4.69) is 27.9 Å². The van der Waals surface area contributed by atoms with Gasteiger partial charge in [-0.1, -0.05) is 18.2 Å². The minimum absolute atomic E-state index is 0. The smallest absolute Gasteiger partial charge is 0.318 e. The quantitative estimate of drug-likeness (QED) is 0.783. The fourth-order valence-corrected chi connectivity index (χ4v) is 2.61. The number of anilines is 1. The normalized spacial score (nSPS) is 15.4. The number of hydrogen-bond acceptors (Lipinski definition) is 5. The summed E-state index contributed by atoms with van der Waals surface area (Å²) in [6.45, 7) is 2.36. The van der Waals surface area contributed by atoms with E-state index in [0.717, 1.165) is 10.5 Å². The summed E-state index contributed by atoms with van der Waals surface area (Å²) in [6.07, 6.45) is -1.07. The number of halogens is 2. The summed E-state index contributed by atoms with van der Waals surface area (Å²) >= 11 is 4.40. The number of alkyl halides is 2. The van der Waals surface area contributed by atoms with Crippen molar-refractivity contribution < 1.29 is 24.5 Å². The van der Waals surface area contributed by atoms with Gasteiger partial charge in [-0.15, -0.1) is 12.6 Å². The number of benzene rings is 1. The van der Waals surface area contributed by atoms with Crippen LogP contribution in [0, 0.1) is 6.92 Å². The predicted octanol–water partition coefficient (Wildman–Crippen LogP) is 2.21. The third kappa shape index (κ3) is 5.52. The van der Waals surface area contributed by atoms with Crippen molar-refractivity contribution >= 4 is 18.4 Å². The molecule has 0 unspecified atom stereocenters. The van der Waals surface area contributed by atoms with Crippen LogP contribution in [0.3, 0.4) is 0 Å². The lowest BCUT2D eigenvalue weighted by atomic mass is 9.91. The second-order valence-corrected chi connectivity index (χ2v) is 6.15. The molecule has 5 N–H and O–H groups in total. The molecule has 0 saturated heterocycles. The van der Waals surface area contributed by atoms with Crippen LogP contribution in [0.25, 0.3) is 0 Å². The van der Waals surface area contributed by atoms with Gasteiger partial charge in [0.15, 0.2) is 0 Å². The SMILES string of the molecule is Cc1cc(NCc2ccccc2S)nc(OC2CC(F)(F)C2)n1.O.O. The van der Waals surface area contributed by atoms with Crippen LogP contribution in [-0.2, 0) is 6.54 Å². The molecule has 0 radical (unpaired) electrons. The van der Waals surface area contributed by atoms with Crippen molar-refractivity contribution in [3.8, 4) is 6.01 Å². The highest BCUT2D eigenvalue weighted by Crippen LogP contribution is 2.39. The fourth-order valence-electron chi connectivity index (χ4n) is 2.37. The molecule has 1 fully saturated rings. The molecule has 9 heteroatoms. The summed E-state index contributed by atoms with van der Waals surface area (Å²) in [5.41, 5.74) is 1.75. The Labute approximate surface area is 149 Å². The van der Waals surface area contributed by atoms with E-state index in [9.17, 15) is 8.78 Å². The first-order valence-electron chi connectivity index (χ1n) is 7.32. The molecule has 2 aromatic rings. The van der Waals surface area contributed by atoms with Crippen LogP contribution in [0.4, 0.5) is 14.6 Å². The van der Waals surface area contributed by atoms with Gasteiger partial charge in [0.05, 0.1) is 0 Å². The Morgan fingerprint density at radius 3 is 2.56 bits per heavy atom. The lowest BCUT2D eigenvalue weighted by Gasteiger charge is -2.34. The van der Waals surface area contributed by atoms with Crippen molar-refractivity contribution in [3.05, 3.63) is 41.6 Å². The summed E-state index contributed by atoms with van der Waals surface area (Å²) in [5, 5.41) is 3.18. The van der Waals surface area contributed by atoms with Crippen LogP contribution in [0.1, 0.15) is 24.1 Å². The maximum Gasteiger partial charge on any atom is 0.318 e. The van der Waals surface area contributed by atoms with Gasteiger partial charge in [-0.25, -0.2) is 13.8 Å². The molecular weight excluding hydrogens is 352 g/mol. The van der Waals surface area contributed by atoms with Crippen molar-refractivity contribution in [1.29, 1.82) is 0 Å². The number of nitrogens with zero attached hydrogens (tertiary/aromatic N) is 2. The molecule has 1 saturated carbocycles. The van der Waals surface area contributed by atoms with Gasteiger partial charge in [-0.2, -0.15) is 4.98 Å². The third-order valence-corrected chi connectivity index (χ3v) is 4.05. The van der Waals surface area contributed by atoms with E-state index in [-0.39, 0.29) is 29.8 Å². The van der Waals surface area contributed by atoms with E-state index in [1.165, 1.54) is 0 Å². The summed E-state index contributed by atoms with van der Waals surface area (Å²) < 4.78 is 31.1. The molecule has 138 valence electrons. The molecule has 0 spiro atoms. The Bertz CT molecular complexity index is 711. The predicted molar refractivity (Wildman–Crippen MR) is 93.6 cm³/mol. The fraction of sp³-hybridized carbons (Fsp3) is 0.375. The Hall–Kier alpha value is -1.97. The molecule has 0 aliphatic heterocycles. The number of thiol groups is 1. The van der Waals surface area contributed by atoms with E-state index < -0.39 is 12.0 Å². The monoisotopic (exact) mass is 373 g/mol. The molecule has 0 amide bonds. The number of aryl methyl sites for hydroxylation is 1. The van der Waals surface area contributed by atoms with E-state index in [4.69, 9.17) is 4.74 Å². The first-order chi connectivity index (χ1) is 10.9. The van der Waals surface area contributed by atoms with Crippen LogP contribution in [0.15, 0.2) is 35.2 Å². The number of rotatable bonds is 5. The van der Waals surface area contributed by atoms with Crippen LogP contribution in [-0.4, -0.2) is 32.9 Å². The number of hydrogen-bond donors (Lipinski definition) is 2. The van der Waals surface area contributed by atoms with Gasteiger partial charge in [0.25, 0.3) is 5.92 Å². The highest BCUT2D eigenvalue weighted by Gasteiger charge is 2.47. The maximum atomic E-state index is 12.9. The molecule has 6 nitrogen and oxygen atoms in total. The van der Waals surface area contributed by atoms with Gasteiger partial charge in [-0.3, -0.25) is 0 Å². The molecule has 1 heterocycles. The summed E-state index contributed by atoms with van der Waals surface area (Å²) in [6, 6.07) is 9.65. The van der Waals surface area contributed by atoms with Crippen molar-refractivity contribution in [3.63, 3.8) is 0 Å². The standard InChI is InChI=1S/C16H17F2N3OS.2H2O/c1-10-6-14(19-9-11-4-2-3-5-13(11)23)21-15(20-10)22-12-7-16(17,18)8-12;;/h2-6,12,23H,7-9H2,1H3,(H,19,20,21);2*1H2. The molecule has 0 bridgehead atoms. The zero-order valence-corrected chi connectivity index (χ0v) is 14.5. The van der Waals surface area contributed by atoms with E-state index in [1.54, 1.807) is 6.07 Å². The van der Waals surface area contributed by atoms with E-state index in [0.29, 0.717) is 18.1 Å². The van der Waals surface area contributed by atoms with Crippen molar-refractivity contribution in [1.82, 2.24) is 9.97 Å². The molecule has 0 atom stereocenters. The number of nitrogens with one attached hydrogen (secondary N) is 1. The Morgan fingerprint density at radius 1 is 1.24 bits per heavy atom. The Kier molecular flexibility index (Phi) is 7.09. The average Bonchev–Trinajstić information content (AvgIpc) is 2.44. The van der Waals surface area contributed by atoms with Gasteiger partial charge in [0.1, 0.15) is 11.9 Å². The zero-order chi connectivity index (χ0) is 16.4. The Balaban J connectivity index is 0.00000156. The maximum absolute atomic E-state index is 12.9. The molecule has 1 aromatic carbocycles. The van der Waals surface area contributed by atoms with Gasteiger partial charge >= 0.3 is 6.01 Å². The van der Waals surface area contributed by atoms with Gasteiger partial charge in [0, 0.05) is 36.0 Å². The zero-order valence-electron chi connectivity index (χ0n) is 13.6. The highest BCUT2D eigenvalue weighted by molar-refractivity contribution is 7.80. The summed E-state index contributed by atoms with van der Waals surface area (Å²) in [5.74, 6) is -2.03. The van der Waals surface area contributed by atoms with Crippen molar-refractivity contribution in [2.45, 2.75) is 43.2 Å². The first-order valence-corrected chi connectivity index (χ1v) is 7.77. The summed E-state index contributed by atoms with van der Waals surface area (Å²) in [7, 11) is 0. The summed E-state index contributed by atoms with van der Waals surface area (Å²) in [4.78, 5) is 9.26. The average molecular weight is 373 g/mol. The molecule has 25 heavy (non-hydrogen) atoms. The lowest BCUT2D eigenvalue weighted by Crippen LogP contribution is -2.43. The van der Waals surface area contributed by atoms with E-state index >= 15 is 0 Å². The molecule has 3 rings (SSSR count).